The Balaban J connectivity index is 1.83. The Morgan fingerprint density at radius 2 is 1.74 bits per heavy atom. The topological polar surface area (TPSA) is 89.0 Å². The Bertz CT molecular complexity index is 834. The van der Waals surface area contributed by atoms with Gasteiger partial charge in [0.1, 0.15) is 0 Å². The van der Waals surface area contributed by atoms with Gasteiger partial charge in [-0.1, -0.05) is 24.3 Å². The van der Waals surface area contributed by atoms with E-state index in [4.69, 9.17) is 9.47 Å². The first-order valence-electron chi connectivity index (χ1n) is 8.43. The molecule has 0 fully saturated rings. The second kappa shape index (κ2) is 9.96. The molecule has 142 valence electrons. The number of rotatable bonds is 8. The van der Waals surface area contributed by atoms with Gasteiger partial charge in [0.25, 0.3) is 0 Å². The van der Waals surface area contributed by atoms with Gasteiger partial charge in [-0.2, -0.15) is 5.10 Å². The van der Waals surface area contributed by atoms with Gasteiger partial charge in [-0.05, 0) is 30.7 Å². The summed E-state index contributed by atoms with van der Waals surface area (Å²) in [6.45, 7) is 1.91. The van der Waals surface area contributed by atoms with E-state index in [0.717, 1.165) is 11.3 Å². The zero-order chi connectivity index (χ0) is 19.6. The van der Waals surface area contributed by atoms with Gasteiger partial charge in [0.15, 0.2) is 11.5 Å². The largest absolute Gasteiger partial charge is 0.493 e. The van der Waals surface area contributed by atoms with Crippen molar-refractivity contribution in [2.75, 3.05) is 19.5 Å². The number of hydrazone groups is 1. The molecule has 2 aromatic rings. The lowest BCUT2D eigenvalue weighted by molar-refractivity contribution is -0.124. The van der Waals surface area contributed by atoms with Crippen LogP contribution in [0.1, 0.15) is 24.0 Å². The summed E-state index contributed by atoms with van der Waals surface area (Å²) in [6, 6.07) is 12.8. The van der Waals surface area contributed by atoms with E-state index in [2.05, 4.69) is 15.8 Å². The molecule has 7 nitrogen and oxygen atoms in total. The third-order valence-electron chi connectivity index (χ3n) is 3.82. The summed E-state index contributed by atoms with van der Waals surface area (Å²) in [7, 11) is 3.07. The Morgan fingerprint density at radius 1 is 1.00 bits per heavy atom. The molecule has 0 atom stereocenters. The molecule has 0 saturated carbocycles. The first-order valence-corrected chi connectivity index (χ1v) is 8.43. The summed E-state index contributed by atoms with van der Waals surface area (Å²) in [5.74, 6) is 0.516. The van der Waals surface area contributed by atoms with Crippen molar-refractivity contribution >= 4 is 23.7 Å². The number of nitrogens with one attached hydrogen (secondary N) is 2. The number of amides is 2. The number of aryl methyl sites for hydroxylation is 1. The molecule has 0 aliphatic heterocycles. The summed E-state index contributed by atoms with van der Waals surface area (Å²) in [4.78, 5) is 23.8. The fourth-order valence-electron chi connectivity index (χ4n) is 2.40. The van der Waals surface area contributed by atoms with Crippen LogP contribution >= 0.6 is 0 Å². The van der Waals surface area contributed by atoms with Gasteiger partial charge >= 0.3 is 0 Å². The van der Waals surface area contributed by atoms with Crippen LogP contribution in [0, 0.1) is 6.92 Å². The molecule has 0 spiro atoms. The number of benzene rings is 2. The van der Waals surface area contributed by atoms with E-state index in [1.807, 2.05) is 31.2 Å². The van der Waals surface area contributed by atoms with Crippen LogP contribution in [0.2, 0.25) is 0 Å². The smallest absolute Gasteiger partial charge is 0.240 e. The van der Waals surface area contributed by atoms with E-state index in [0.29, 0.717) is 17.1 Å². The van der Waals surface area contributed by atoms with Crippen LogP contribution < -0.4 is 20.2 Å². The van der Waals surface area contributed by atoms with Gasteiger partial charge in [-0.3, -0.25) is 9.59 Å². The lowest BCUT2D eigenvalue weighted by Crippen LogP contribution is -2.20. The van der Waals surface area contributed by atoms with Gasteiger partial charge < -0.3 is 14.8 Å². The van der Waals surface area contributed by atoms with Crippen molar-refractivity contribution in [3.05, 3.63) is 53.6 Å². The van der Waals surface area contributed by atoms with Gasteiger partial charge in [-0.25, -0.2) is 5.43 Å². The molecule has 0 radical (unpaired) electrons. The molecule has 0 aliphatic carbocycles. The van der Waals surface area contributed by atoms with E-state index in [1.54, 1.807) is 25.3 Å². The number of ether oxygens (including phenoxy) is 2. The monoisotopic (exact) mass is 369 g/mol. The number of para-hydroxylation sites is 2. The minimum atomic E-state index is -0.354. The van der Waals surface area contributed by atoms with Gasteiger partial charge in [0.05, 0.1) is 20.4 Å². The fourth-order valence-corrected chi connectivity index (χ4v) is 2.40. The molecular formula is C20H23N3O4. The van der Waals surface area contributed by atoms with Crippen molar-refractivity contribution in [3.63, 3.8) is 0 Å². The maximum atomic E-state index is 12.0. The highest BCUT2D eigenvalue weighted by molar-refractivity contribution is 5.94. The minimum absolute atomic E-state index is 0.0320. The Morgan fingerprint density at radius 3 is 2.44 bits per heavy atom. The summed E-state index contributed by atoms with van der Waals surface area (Å²) < 4.78 is 10.5. The highest BCUT2D eigenvalue weighted by Gasteiger charge is 2.09. The molecule has 0 unspecified atom stereocenters. The van der Waals surface area contributed by atoms with Crippen molar-refractivity contribution in [1.29, 1.82) is 0 Å². The van der Waals surface area contributed by atoms with Crippen molar-refractivity contribution in [2.45, 2.75) is 19.8 Å². The zero-order valence-corrected chi connectivity index (χ0v) is 15.6. The molecule has 0 heterocycles. The second-order valence-corrected chi connectivity index (χ2v) is 5.74. The van der Waals surface area contributed by atoms with Crippen LogP contribution in [0.4, 0.5) is 5.69 Å². The second-order valence-electron chi connectivity index (χ2n) is 5.74. The van der Waals surface area contributed by atoms with Crippen LogP contribution in [0.15, 0.2) is 47.6 Å². The number of anilines is 1. The average molecular weight is 369 g/mol. The maximum absolute atomic E-state index is 12.0. The number of carbonyl (C=O) groups is 2. The first kappa shape index (κ1) is 20.0. The maximum Gasteiger partial charge on any atom is 0.240 e. The minimum Gasteiger partial charge on any atom is -0.493 e. The van der Waals surface area contributed by atoms with Crippen molar-refractivity contribution in [1.82, 2.24) is 5.43 Å². The number of methoxy groups -OCH3 is 2. The normalized spacial score (nSPS) is 10.5. The first-order chi connectivity index (χ1) is 13.0. The van der Waals surface area contributed by atoms with Crippen molar-refractivity contribution in [3.8, 4) is 11.5 Å². The van der Waals surface area contributed by atoms with Crippen LogP contribution in [-0.2, 0) is 9.59 Å². The molecule has 0 saturated heterocycles. The predicted octanol–water partition coefficient (Wildman–Crippen LogP) is 2.88. The number of carbonyl (C=O) groups excluding carboxylic acids is 2. The molecule has 7 heteroatoms. The van der Waals surface area contributed by atoms with Gasteiger partial charge in [-0.15, -0.1) is 0 Å². The molecule has 0 bridgehead atoms. The zero-order valence-electron chi connectivity index (χ0n) is 15.6. The van der Waals surface area contributed by atoms with E-state index >= 15 is 0 Å². The summed E-state index contributed by atoms with van der Waals surface area (Å²) in [5, 5.41) is 6.70. The highest BCUT2D eigenvalue weighted by atomic mass is 16.5. The van der Waals surface area contributed by atoms with Crippen LogP contribution in [0.25, 0.3) is 0 Å². The average Bonchev–Trinajstić information content (AvgIpc) is 2.68. The van der Waals surface area contributed by atoms with E-state index in [1.165, 1.54) is 13.3 Å². The molecule has 0 aromatic heterocycles. The molecule has 2 N–H and O–H groups in total. The standard InChI is InChI=1S/C20H23N3O4/c1-14-7-4-5-9-16(14)22-18(24)11-12-19(25)23-21-13-15-8-6-10-17(26-2)20(15)27-3/h4-10,13H,11-12H2,1-3H3,(H,22,24)(H,23,25). The quantitative estimate of drug-likeness (QED) is 0.553. The van der Waals surface area contributed by atoms with Crippen LogP contribution in [0.5, 0.6) is 11.5 Å². The Hall–Kier alpha value is -3.35. The van der Waals surface area contributed by atoms with Crippen LogP contribution in [0.3, 0.4) is 0 Å². The predicted molar refractivity (Wildman–Crippen MR) is 104 cm³/mol. The van der Waals surface area contributed by atoms with Gasteiger partial charge in [0, 0.05) is 24.1 Å². The SMILES string of the molecule is COc1cccc(C=NNC(=O)CCC(=O)Nc2ccccc2C)c1OC. The van der Waals surface area contributed by atoms with Crippen LogP contribution in [-0.4, -0.2) is 32.2 Å². The van der Waals surface area contributed by atoms with Crippen molar-refractivity contribution in [2.24, 2.45) is 5.10 Å². The van der Waals surface area contributed by atoms with Crippen molar-refractivity contribution < 1.29 is 19.1 Å². The summed E-state index contributed by atoms with van der Waals surface area (Å²) >= 11 is 0. The molecule has 2 amide bonds. The lowest BCUT2D eigenvalue weighted by Gasteiger charge is -2.09. The number of hydrogen-bond acceptors (Lipinski definition) is 5. The van der Waals surface area contributed by atoms with E-state index in [9.17, 15) is 9.59 Å². The van der Waals surface area contributed by atoms with Gasteiger partial charge in [0.2, 0.25) is 11.8 Å². The summed E-state index contributed by atoms with van der Waals surface area (Å²) in [5.41, 5.74) is 4.77. The molecular weight excluding hydrogens is 346 g/mol. The number of nitrogens with zero attached hydrogens (tertiary/aromatic N) is 1. The third kappa shape index (κ3) is 5.85. The third-order valence-corrected chi connectivity index (χ3v) is 3.82. The number of hydrogen-bond donors (Lipinski definition) is 2. The molecule has 27 heavy (non-hydrogen) atoms. The molecule has 2 aromatic carbocycles. The highest BCUT2D eigenvalue weighted by Crippen LogP contribution is 2.29. The lowest BCUT2D eigenvalue weighted by atomic mass is 10.2. The fraction of sp³-hybridized carbons (Fsp3) is 0.250. The Kier molecular flexibility index (Phi) is 7.37. The van der Waals surface area contributed by atoms with E-state index < -0.39 is 0 Å². The van der Waals surface area contributed by atoms with E-state index in [-0.39, 0.29) is 24.7 Å². The summed E-state index contributed by atoms with van der Waals surface area (Å²) in [6.07, 6.45) is 1.56. The molecule has 2 rings (SSSR count). The molecule has 0 aliphatic rings. The Labute approximate surface area is 158 Å².